The van der Waals surface area contributed by atoms with Gasteiger partial charge in [0.25, 0.3) is 0 Å². The van der Waals surface area contributed by atoms with Crippen molar-refractivity contribution in [3.05, 3.63) is 90.0 Å². The summed E-state index contributed by atoms with van der Waals surface area (Å²) in [5, 5.41) is 1.02. The zero-order valence-corrected chi connectivity index (χ0v) is 17.7. The van der Waals surface area contributed by atoms with Crippen molar-refractivity contribution < 1.29 is 9.05 Å². The Morgan fingerprint density at radius 3 is 1.64 bits per heavy atom. The number of aliphatic imine (C=N–C) groups is 2. The monoisotopic (exact) mass is 454 g/mol. The summed E-state index contributed by atoms with van der Waals surface area (Å²) in [5.74, 6) is -2.42. The van der Waals surface area contributed by atoms with Crippen molar-refractivity contribution in [3.8, 4) is 0 Å². The molecular weight excluding hydrogens is 434 g/mol. The van der Waals surface area contributed by atoms with E-state index in [1.807, 2.05) is 78.9 Å². The molecule has 0 unspecified atom stereocenters. The SMILES string of the molecule is [Se]=P1(c2ccccc2)OCc2ccccc2N=CC=Nc2ccccc2CO1. The molecule has 4 rings (SSSR count). The molecule has 6 heteroatoms. The second-order valence-corrected chi connectivity index (χ2v) is 11.2. The molecule has 4 nitrogen and oxygen atoms in total. The van der Waals surface area contributed by atoms with E-state index in [1.165, 1.54) is 0 Å². The number of hydrogen-bond donors (Lipinski definition) is 0. The standard InChI is InChI=1S/C22H19N2O2PSe/c28-27(20-10-2-1-3-11-20)25-16-18-8-4-6-12-21(18)23-14-15-24-22-13-7-5-9-19(22)17-26-27/h1-15H,16-17H2. The van der Waals surface area contributed by atoms with Gasteiger partial charge in [0.2, 0.25) is 0 Å². The van der Waals surface area contributed by atoms with E-state index in [9.17, 15) is 0 Å². The molecule has 28 heavy (non-hydrogen) atoms. The molecule has 0 fully saturated rings. The van der Waals surface area contributed by atoms with Crippen LogP contribution in [0.3, 0.4) is 0 Å². The maximum absolute atomic E-state index is 6.39. The van der Waals surface area contributed by atoms with E-state index in [-0.39, 0.29) is 0 Å². The first-order valence-electron chi connectivity index (χ1n) is 8.92. The molecule has 0 atom stereocenters. The predicted molar refractivity (Wildman–Crippen MR) is 118 cm³/mol. The van der Waals surface area contributed by atoms with Crippen LogP contribution in [0, 0.1) is 0 Å². The van der Waals surface area contributed by atoms with Gasteiger partial charge < -0.3 is 0 Å². The average Bonchev–Trinajstić information content (AvgIpc) is 2.76. The first-order valence-corrected chi connectivity index (χ1v) is 12.8. The summed E-state index contributed by atoms with van der Waals surface area (Å²) in [6, 6.07) is 26.0. The second kappa shape index (κ2) is 8.91. The molecule has 3 aromatic rings. The molecule has 1 heterocycles. The van der Waals surface area contributed by atoms with Crippen LogP contribution in [0.1, 0.15) is 11.1 Å². The molecule has 0 saturated heterocycles. The van der Waals surface area contributed by atoms with E-state index in [0.717, 1.165) is 27.8 Å². The van der Waals surface area contributed by atoms with Crippen molar-refractivity contribution in [2.75, 3.05) is 0 Å². The molecule has 0 spiro atoms. The Bertz CT molecular complexity index is 1000. The van der Waals surface area contributed by atoms with Crippen LogP contribution in [0.25, 0.3) is 0 Å². The van der Waals surface area contributed by atoms with Crippen molar-refractivity contribution in [2.24, 2.45) is 9.98 Å². The van der Waals surface area contributed by atoms with Crippen molar-refractivity contribution in [1.29, 1.82) is 0 Å². The van der Waals surface area contributed by atoms with Crippen LogP contribution in [0.15, 0.2) is 88.8 Å². The third-order valence-corrected chi connectivity index (χ3v) is 8.85. The third-order valence-electron chi connectivity index (χ3n) is 4.33. The number of fused-ring (bicyclic) bond motifs is 2. The van der Waals surface area contributed by atoms with Gasteiger partial charge in [-0.25, -0.2) is 0 Å². The molecule has 1 aliphatic heterocycles. The summed E-state index contributed by atoms with van der Waals surface area (Å²) in [6.45, 7) is 0.809. The molecule has 0 N–H and O–H groups in total. The van der Waals surface area contributed by atoms with Crippen LogP contribution < -0.4 is 5.30 Å². The third kappa shape index (κ3) is 4.47. The molecule has 140 valence electrons. The summed E-state index contributed by atoms with van der Waals surface area (Å²) in [5.41, 5.74) is 3.73. The van der Waals surface area contributed by atoms with Crippen LogP contribution in [0.2, 0.25) is 0 Å². The van der Waals surface area contributed by atoms with Gasteiger partial charge in [0.15, 0.2) is 0 Å². The molecule has 0 saturated carbocycles. The van der Waals surface area contributed by atoms with Crippen molar-refractivity contribution >= 4 is 50.2 Å². The van der Waals surface area contributed by atoms with E-state index in [4.69, 9.17) is 9.05 Å². The van der Waals surface area contributed by atoms with Crippen molar-refractivity contribution in [1.82, 2.24) is 0 Å². The van der Waals surface area contributed by atoms with Gasteiger partial charge >= 0.3 is 172 Å². The Kier molecular flexibility index (Phi) is 6.11. The Labute approximate surface area is 172 Å². The van der Waals surface area contributed by atoms with Gasteiger partial charge in [-0.05, 0) is 0 Å². The molecule has 0 amide bonds. The molecule has 0 bridgehead atoms. The number of nitrogens with zero attached hydrogens (tertiary/aromatic N) is 2. The Morgan fingerprint density at radius 1 is 0.643 bits per heavy atom. The van der Waals surface area contributed by atoms with Gasteiger partial charge in [-0.2, -0.15) is 0 Å². The first-order chi connectivity index (χ1) is 13.7. The predicted octanol–water partition coefficient (Wildman–Crippen LogP) is 5.09. The van der Waals surface area contributed by atoms with Gasteiger partial charge in [-0.1, -0.05) is 0 Å². The van der Waals surface area contributed by atoms with Crippen molar-refractivity contribution in [3.63, 3.8) is 0 Å². The van der Waals surface area contributed by atoms with Gasteiger partial charge in [-0.15, -0.1) is 0 Å². The number of benzene rings is 3. The number of rotatable bonds is 1. The molecule has 0 radical (unpaired) electrons. The summed E-state index contributed by atoms with van der Waals surface area (Å²) < 4.78 is 12.8. The van der Waals surface area contributed by atoms with Gasteiger partial charge in [0, 0.05) is 0 Å². The summed E-state index contributed by atoms with van der Waals surface area (Å²) in [4.78, 5) is 9.10. The molecule has 1 aliphatic rings. The molecular formula is C22H19N2O2PSe. The summed E-state index contributed by atoms with van der Waals surface area (Å²) >= 11 is 3.23. The normalized spacial score (nSPS) is 19.6. The van der Waals surface area contributed by atoms with Crippen LogP contribution in [0.4, 0.5) is 11.4 Å². The molecule has 3 aromatic carbocycles. The van der Waals surface area contributed by atoms with E-state index in [0.29, 0.717) is 13.2 Å². The van der Waals surface area contributed by atoms with Gasteiger partial charge in [0.1, 0.15) is 0 Å². The Hall–Kier alpha value is -2.13. The zero-order chi connectivity index (χ0) is 19.2. The van der Waals surface area contributed by atoms with Crippen molar-refractivity contribution in [2.45, 2.75) is 13.2 Å². The van der Waals surface area contributed by atoms with E-state index < -0.39 is 5.96 Å². The zero-order valence-electron chi connectivity index (χ0n) is 15.1. The fourth-order valence-corrected chi connectivity index (χ4v) is 5.81. The van der Waals surface area contributed by atoms with Crippen LogP contribution >= 0.6 is 5.96 Å². The average molecular weight is 453 g/mol. The minimum absolute atomic E-state index is 0.405. The fourth-order valence-electron chi connectivity index (χ4n) is 2.85. The Balaban J connectivity index is 1.78. The first kappa shape index (κ1) is 19.2. The van der Waals surface area contributed by atoms with E-state index in [2.05, 4.69) is 25.1 Å². The number of para-hydroxylation sites is 2. The fraction of sp³-hybridized carbons (Fsp3) is 0.0909. The maximum atomic E-state index is 6.39. The van der Waals surface area contributed by atoms with Gasteiger partial charge in [-0.3, -0.25) is 0 Å². The molecule has 0 aliphatic carbocycles. The number of hydrogen-bond acceptors (Lipinski definition) is 4. The van der Waals surface area contributed by atoms with Crippen LogP contribution in [0.5, 0.6) is 0 Å². The molecule has 0 aromatic heterocycles. The summed E-state index contributed by atoms with van der Waals surface area (Å²) in [6.07, 6.45) is 3.43. The minimum atomic E-state index is -2.42. The summed E-state index contributed by atoms with van der Waals surface area (Å²) in [7, 11) is 0. The Morgan fingerprint density at radius 2 is 1.11 bits per heavy atom. The topological polar surface area (TPSA) is 43.2 Å². The van der Waals surface area contributed by atoms with Crippen LogP contribution in [-0.2, 0) is 22.3 Å². The quantitative estimate of drug-likeness (QED) is 0.380. The van der Waals surface area contributed by atoms with Crippen LogP contribution in [-0.4, -0.2) is 27.5 Å². The second-order valence-electron chi connectivity index (χ2n) is 6.19. The van der Waals surface area contributed by atoms with E-state index in [1.54, 1.807) is 12.4 Å². The van der Waals surface area contributed by atoms with E-state index >= 15 is 0 Å². The van der Waals surface area contributed by atoms with Gasteiger partial charge in [0.05, 0.1) is 0 Å².